The van der Waals surface area contributed by atoms with Gasteiger partial charge in [0.2, 0.25) is 5.91 Å². The molecule has 1 rings (SSSR count). The summed E-state index contributed by atoms with van der Waals surface area (Å²) in [6.45, 7) is 1.83. The minimum absolute atomic E-state index is 0.185. The van der Waals surface area contributed by atoms with Crippen LogP contribution in [-0.2, 0) is 14.6 Å². The van der Waals surface area contributed by atoms with Crippen molar-refractivity contribution < 1.29 is 13.2 Å². The fourth-order valence-corrected chi connectivity index (χ4v) is 1.75. The van der Waals surface area contributed by atoms with Crippen molar-refractivity contribution in [2.75, 3.05) is 12.0 Å². The number of amidine groups is 1. The highest BCUT2D eigenvalue weighted by Crippen LogP contribution is 2.05. The summed E-state index contributed by atoms with van der Waals surface area (Å²) in [5, 5.41) is 2.44. The number of nitrogens with zero attached hydrogens (tertiary/aromatic N) is 1. The molecule has 13 heavy (non-hydrogen) atoms. The van der Waals surface area contributed by atoms with E-state index in [2.05, 4.69) is 10.3 Å². The van der Waals surface area contributed by atoms with Crippen LogP contribution in [0.2, 0.25) is 0 Å². The van der Waals surface area contributed by atoms with E-state index >= 15 is 0 Å². The smallest absolute Gasteiger partial charge is 0.250 e. The van der Waals surface area contributed by atoms with Gasteiger partial charge < -0.3 is 5.32 Å². The number of carbonyl (C=O) groups is 1. The summed E-state index contributed by atoms with van der Waals surface area (Å²) in [6.07, 6.45) is 1.71. The molecule has 1 aliphatic heterocycles. The van der Waals surface area contributed by atoms with Crippen molar-refractivity contribution in [3.8, 4) is 0 Å². The highest BCUT2D eigenvalue weighted by molar-refractivity contribution is 7.91. The predicted octanol–water partition coefficient (Wildman–Crippen LogP) is -0.662. The number of rotatable bonds is 3. The summed E-state index contributed by atoms with van der Waals surface area (Å²) in [5.74, 6) is -0.129. The molecule has 0 saturated carbocycles. The van der Waals surface area contributed by atoms with E-state index in [9.17, 15) is 13.2 Å². The summed E-state index contributed by atoms with van der Waals surface area (Å²) in [7, 11) is -3.11. The number of nitrogens with one attached hydrogen (secondary N) is 1. The van der Waals surface area contributed by atoms with Gasteiger partial charge in [-0.3, -0.25) is 9.79 Å². The molecule has 6 heteroatoms. The second-order valence-corrected chi connectivity index (χ2v) is 5.20. The molecular formula is C7H12N2O3S. The van der Waals surface area contributed by atoms with E-state index in [0.717, 1.165) is 6.26 Å². The first-order chi connectivity index (χ1) is 5.92. The van der Waals surface area contributed by atoms with E-state index in [1.165, 1.54) is 0 Å². The van der Waals surface area contributed by atoms with E-state index in [0.29, 0.717) is 6.42 Å². The number of amides is 1. The molecule has 5 nitrogen and oxygen atoms in total. The van der Waals surface area contributed by atoms with Crippen molar-refractivity contribution in [3.63, 3.8) is 0 Å². The largest absolute Gasteiger partial charge is 0.312 e. The molecule has 1 atom stereocenters. The van der Waals surface area contributed by atoms with E-state index in [4.69, 9.17) is 0 Å². The van der Waals surface area contributed by atoms with Crippen LogP contribution in [0.4, 0.5) is 0 Å². The molecule has 0 saturated heterocycles. The minimum atomic E-state index is -3.11. The molecule has 0 spiro atoms. The molecule has 74 valence electrons. The van der Waals surface area contributed by atoms with Crippen LogP contribution in [0.1, 0.15) is 13.3 Å². The Balaban J connectivity index is 2.70. The van der Waals surface area contributed by atoms with Crippen LogP contribution in [0.5, 0.6) is 0 Å². The summed E-state index contributed by atoms with van der Waals surface area (Å²) in [5.41, 5.74) is 0. The quantitative estimate of drug-likeness (QED) is 0.663. The molecular weight excluding hydrogens is 192 g/mol. The van der Waals surface area contributed by atoms with Crippen LogP contribution in [0.15, 0.2) is 4.99 Å². The molecule has 0 aliphatic carbocycles. The maximum Gasteiger partial charge on any atom is 0.250 e. The number of hydrogen-bond acceptors (Lipinski definition) is 4. The molecule has 0 bridgehead atoms. The summed E-state index contributed by atoms with van der Waals surface area (Å²) < 4.78 is 21.7. The van der Waals surface area contributed by atoms with Gasteiger partial charge in [-0.2, -0.15) is 0 Å². The lowest BCUT2D eigenvalue weighted by molar-refractivity contribution is -0.120. The first-order valence-corrected chi connectivity index (χ1v) is 6.03. The summed E-state index contributed by atoms with van der Waals surface area (Å²) in [6, 6.07) is -0.406. The second kappa shape index (κ2) is 3.45. The standard InChI is InChI=1S/C7H12N2O3S/c1-3-5-7(10)9-6(8-5)4-13(2,11)12/h5H,3-4H2,1-2H3,(H,8,9,10). The molecule has 1 heterocycles. The van der Waals surface area contributed by atoms with Crippen LogP contribution < -0.4 is 5.32 Å². The Morgan fingerprint density at radius 1 is 1.54 bits per heavy atom. The first-order valence-electron chi connectivity index (χ1n) is 3.97. The van der Waals surface area contributed by atoms with Crippen molar-refractivity contribution in [2.45, 2.75) is 19.4 Å². The van der Waals surface area contributed by atoms with Crippen molar-refractivity contribution in [1.29, 1.82) is 0 Å². The molecule has 0 radical (unpaired) electrons. The van der Waals surface area contributed by atoms with Crippen LogP contribution in [0.3, 0.4) is 0 Å². The predicted molar refractivity (Wildman–Crippen MR) is 49.4 cm³/mol. The Bertz CT molecular complexity index is 345. The van der Waals surface area contributed by atoms with Gasteiger partial charge in [0, 0.05) is 6.26 Å². The Morgan fingerprint density at radius 3 is 2.54 bits per heavy atom. The molecule has 0 aromatic heterocycles. The van der Waals surface area contributed by atoms with Gasteiger partial charge in [0.1, 0.15) is 17.6 Å². The van der Waals surface area contributed by atoms with Gasteiger partial charge in [-0.15, -0.1) is 0 Å². The van der Waals surface area contributed by atoms with E-state index in [1.54, 1.807) is 0 Å². The Hall–Kier alpha value is -0.910. The maximum atomic E-state index is 11.1. The highest BCUT2D eigenvalue weighted by Gasteiger charge is 2.25. The topological polar surface area (TPSA) is 75.6 Å². The fourth-order valence-electron chi connectivity index (χ4n) is 1.10. The average Bonchev–Trinajstić information content (AvgIpc) is 2.26. The van der Waals surface area contributed by atoms with Crippen LogP contribution in [-0.4, -0.2) is 38.2 Å². The summed E-state index contributed by atoms with van der Waals surface area (Å²) >= 11 is 0. The van der Waals surface area contributed by atoms with Crippen molar-refractivity contribution in [2.24, 2.45) is 4.99 Å². The number of sulfone groups is 1. The second-order valence-electron chi connectivity index (χ2n) is 3.06. The number of hydrogen-bond donors (Lipinski definition) is 1. The molecule has 0 fully saturated rings. The van der Waals surface area contributed by atoms with Gasteiger partial charge in [-0.1, -0.05) is 6.92 Å². The first kappa shape index (κ1) is 10.2. The van der Waals surface area contributed by atoms with Crippen LogP contribution in [0.25, 0.3) is 0 Å². The zero-order chi connectivity index (χ0) is 10.1. The zero-order valence-electron chi connectivity index (χ0n) is 7.57. The lowest BCUT2D eigenvalue weighted by Crippen LogP contribution is -2.31. The van der Waals surface area contributed by atoms with Crippen LogP contribution >= 0.6 is 0 Å². The third-order valence-corrected chi connectivity index (χ3v) is 2.47. The van der Waals surface area contributed by atoms with E-state index in [1.807, 2.05) is 6.92 Å². The summed E-state index contributed by atoms with van der Waals surface area (Å²) in [4.78, 5) is 15.0. The monoisotopic (exact) mass is 204 g/mol. The molecule has 1 unspecified atom stereocenters. The van der Waals surface area contributed by atoms with Crippen molar-refractivity contribution >= 4 is 21.6 Å². The molecule has 1 amide bonds. The molecule has 0 aromatic rings. The van der Waals surface area contributed by atoms with Gasteiger partial charge in [0.05, 0.1) is 0 Å². The van der Waals surface area contributed by atoms with Crippen molar-refractivity contribution in [3.05, 3.63) is 0 Å². The zero-order valence-corrected chi connectivity index (χ0v) is 8.39. The van der Waals surface area contributed by atoms with E-state index < -0.39 is 15.9 Å². The number of aliphatic imine (C=N–C) groups is 1. The average molecular weight is 204 g/mol. The third kappa shape index (κ3) is 2.80. The van der Waals surface area contributed by atoms with E-state index in [-0.39, 0.29) is 17.5 Å². The highest BCUT2D eigenvalue weighted by atomic mass is 32.2. The lowest BCUT2D eigenvalue weighted by atomic mass is 10.2. The third-order valence-electron chi connectivity index (χ3n) is 1.67. The maximum absolute atomic E-state index is 11.1. The number of carbonyl (C=O) groups excluding carboxylic acids is 1. The lowest BCUT2D eigenvalue weighted by Gasteiger charge is -1.97. The molecule has 1 N–H and O–H groups in total. The Morgan fingerprint density at radius 2 is 2.15 bits per heavy atom. The fraction of sp³-hybridized carbons (Fsp3) is 0.714. The minimum Gasteiger partial charge on any atom is -0.312 e. The van der Waals surface area contributed by atoms with Gasteiger partial charge in [0.15, 0.2) is 9.84 Å². The van der Waals surface area contributed by atoms with Crippen molar-refractivity contribution in [1.82, 2.24) is 5.32 Å². The van der Waals surface area contributed by atoms with Gasteiger partial charge in [0.25, 0.3) is 0 Å². The molecule has 0 aromatic carbocycles. The van der Waals surface area contributed by atoms with Gasteiger partial charge in [-0.25, -0.2) is 8.42 Å². The van der Waals surface area contributed by atoms with Crippen LogP contribution in [0, 0.1) is 0 Å². The normalized spacial score (nSPS) is 22.8. The Kier molecular flexibility index (Phi) is 2.70. The Labute approximate surface area is 77.2 Å². The van der Waals surface area contributed by atoms with Gasteiger partial charge in [-0.05, 0) is 6.42 Å². The SMILES string of the molecule is CCC1N=C(CS(C)(=O)=O)NC1=O. The van der Waals surface area contributed by atoms with Gasteiger partial charge >= 0.3 is 0 Å². The molecule has 1 aliphatic rings.